The number of carbonyl (C=O) groups excluding carboxylic acids is 2. The molecule has 0 aliphatic carbocycles. The number of esters is 2. The number of alkyl halides is 3. The van der Waals surface area contributed by atoms with E-state index in [0.29, 0.717) is 61.9 Å². The number of benzene rings is 3. The predicted octanol–water partition coefficient (Wildman–Crippen LogP) is 7.21. The highest BCUT2D eigenvalue weighted by molar-refractivity contribution is 6.33. The Morgan fingerprint density at radius 3 is 2.09 bits per heavy atom. The number of nitrogens with zero attached hydrogens (tertiary/aromatic N) is 5. The van der Waals surface area contributed by atoms with Crippen molar-refractivity contribution in [2.24, 2.45) is 14.1 Å². The summed E-state index contributed by atoms with van der Waals surface area (Å²) in [4.78, 5) is 23.8. The van der Waals surface area contributed by atoms with E-state index in [9.17, 15) is 22.8 Å². The van der Waals surface area contributed by atoms with Crippen LogP contribution >= 0.6 is 11.6 Å². The number of rotatable bonds is 6. The first-order chi connectivity index (χ1) is 22.3. The van der Waals surface area contributed by atoms with Crippen molar-refractivity contribution in [2.75, 3.05) is 18.9 Å². The molecular formula is C33H30ClF3N6O4. The second kappa shape index (κ2) is 13.2. The normalized spacial score (nSPS) is 11.4. The van der Waals surface area contributed by atoms with Gasteiger partial charge in [0.1, 0.15) is 0 Å². The molecule has 47 heavy (non-hydrogen) atoms. The highest BCUT2D eigenvalue weighted by Crippen LogP contribution is 2.35. The van der Waals surface area contributed by atoms with Gasteiger partial charge in [-0.15, -0.1) is 0 Å². The summed E-state index contributed by atoms with van der Waals surface area (Å²) in [5, 5.41) is 10.4. The molecule has 0 fully saturated rings. The number of ether oxygens (including phenoxy) is 2. The van der Waals surface area contributed by atoms with Crippen LogP contribution in [0.4, 0.5) is 19.0 Å². The van der Waals surface area contributed by atoms with Crippen LogP contribution in [0.5, 0.6) is 0 Å². The van der Waals surface area contributed by atoms with E-state index in [4.69, 9.17) is 26.8 Å². The SMILES string of the molecule is CCOC(=O)c1ccc(Cl)c(-c2cn(C)nc2N)c1.CCOC(=O)c1ccc2c(c1)c1cn(C)nc1n2-c1cccc(C(F)(F)F)c1. The molecule has 0 aliphatic rings. The van der Waals surface area contributed by atoms with Gasteiger partial charge in [0.15, 0.2) is 11.5 Å². The number of fused-ring (bicyclic) bond motifs is 3. The topological polar surface area (TPSA) is 119 Å². The van der Waals surface area contributed by atoms with Crippen LogP contribution in [0.3, 0.4) is 0 Å². The Kier molecular flexibility index (Phi) is 9.29. The van der Waals surface area contributed by atoms with Crippen molar-refractivity contribution in [3.63, 3.8) is 0 Å². The number of nitrogen functional groups attached to an aromatic ring is 1. The quantitative estimate of drug-likeness (QED) is 0.187. The van der Waals surface area contributed by atoms with Crippen LogP contribution in [0.25, 0.3) is 38.8 Å². The van der Waals surface area contributed by atoms with Crippen molar-refractivity contribution in [3.05, 3.63) is 94.8 Å². The second-order valence-electron chi connectivity index (χ2n) is 10.4. The van der Waals surface area contributed by atoms with Gasteiger partial charge in [-0.2, -0.15) is 23.4 Å². The summed E-state index contributed by atoms with van der Waals surface area (Å²) in [6.07, 6.45) is -0.915. The van der Waals surface area contributed by atoms with Crippen LogP contribution in [-0.2, 0) is 29.7 Å². The number of hydrogen-bond acceptors (Lipinski definition) is 7. The standard InChI is InChI=1S/C20H16F3N3O2.C13H14ClN3O2/c1-3-28-19(27)12-7-8-17-15(9-12)16-11-25(2)24-18(16)26(17)14-6-4-5-13(10-14)20(21,22)23;1-3-19-13(18)8-4-5-11(14)9(6-8)10-7-17(2)16-12(10)15/h4-11H,3H2,1-2H3;4-7H,3H2,1-2H3,(H2,15,16). The Hall–Kier alpha value is -5.30. The molecule has 10 nitrogen and oxygen atoms in total. The minimum atomic E-state index is -4.45. The second-order valence-corrected chi connectivity index (χ2v) is 10.8. The molecular weight excluding hydrogens is 637 g/mol. The van der Waals surface area contributed by atoms with Gasteiger partial charge in [0.05, 0.1) is 35.4 Å². The fourth-order valence-electron chi connectivity index (χ4n) is 5.10. The van der Waals surface area contributed by atoms with E-state index in [2.05, 4.69) is 10.2 Å². The molecule has 0 aliphatic heterocycles. The maximum Gasteiger partial charge on any atom is 0.416 e. The zero-order valence-electron chi connectivity index (χ0n) is 25.8. The number of hydrogen-bond donors (Lipinski definition) is 1. The number of carbonyl (C=O) groups is 2. The largest absolute Gasteiger partial charge is 0.462 e. The van der Waals surface area contributed by atoms with Gasteiger partial charge in [0.25, 0.3) is 0 Å². The highest BCUT2D eigenvalue weighted by Gasteiger charge is 2.31. The summed E-state index contributed by atoms with van der Waals surface area (Å²) in [6.45, 7) is 4.06. The van der Waals surface area contributed by atoms with Crippen molar-refractivity contribution in [1.29, 1.82) is 0 Å². The van der Waals surface area contributed by atoms with Gasteiger partial charge < -0.3 is 15.2 Å². The monoisotopic (exact) mass is 666 g/mol. The summed E-state index contributed by atoms with van der Waals surface area (Å²) >= 11 is 6.15. The van der Waals surface area contributed by atoms with Crippen molar-refractivity contribution in [2.45, 2.75) is 20.0 Å². The number of aryl methyl sites for hydroxylation is 2. The highest BCUT2D eigenvalue weighted by atomic mass is 35.5. The van der Waals surface area contributed by atoms with E-state index < -0.39 is 17.7 Å². The molecule has 6 rings (SSSR count). The van der Waals surface area contributed by atoms with Crippen LogP contribution in [0, 0.1) is 0 Å². The van der Waals surface area contributed by atoms with Crippen LogP contribution in [0.2, 0.25) is 5.02 Å². The molecule has 3 aromatic carbocycles. The lowest BCUT2D eigenvalue weighted by Gasteiger charge is -2.11. The van der Waals surface area contributed by atoms with Crippen molar-refractivity contribution in [3.8, 4) is 16.8 Å². The first-order valence-corrected chi connectivity index (χ1v) is 14.8. The Balaban J connectivity index is 0.000000199. The maximum absolute atomic E-state index is 13.2. The molecule has 0 atom stereocenters. The van der Waals surface area contributed by atoms with Crippen LogP contribution < -0.4 is 5.73 Å². The van der Waals surface area contributed by atoms with Crippen molar-refractivity contribution in [1.82, 2.24) is 24.1 Å². The molecule has 3 heterocycles. The van der Waals surface area contributed by atoms with Crippen LogP contribution in [-0.4, -0.2) is 49.3 Å². The number of aromatic nitrogens is 5. The molecule has 244 valence electrons. The molecule has 3 aromatic heterocycles. The maximum atomic E-state index is 13.2. The lowest BCUT2D eigenvalue weighted by Crippen LogP contribution is -2.06. The predicted molar refractivity (Wildman–Crippen MR) is 173 cm³/mol. The smallest absolute Gasteiger partial charge is 0.416 e. The number of anilines is 1. The van der Waals surface area contributed by atoms with Crippen molar-refractivity contribution >= 4 is 51.3 Å². The van der Waals surface area contributed by atoms with E-state index in [0.717, 1.165) is 17.5 Å². The van der Waals surface area contributed by atoms with E-state index in [1.807, 2.05) is 0 Å². The molecule has 0 saturated carbocycles. The fraction of sp³-hybridized carbons (Fsp3) is 0.212. The summed E-state index contributed by atoms with van der Waals surface area (Å²) in [6, 6.07) is 15.0. The van der Waals surface area contributed by atoms with Crippen molar-refractivity contribution < 1.29 is 32.2 Å². The lowest BCUT2D eigenvalue weighted by molar-refractivity contribution is -0.137. The third-order valence-corrected chi connectivity index (χ3v) is 7.45. The van der Waals surface area contributed by atoms with E-state index in [-0.39, 0.29) is 12.6 Å². The Bertz CT molecular complexity index is 2120. The minimum absolute atomic E-state index is 0.254. The zero-order chi connectivity index (χ0) is 34.0. The molecule has 0 unspecified atom stereocenters. The lowest BCUT2D eigenvalue weighted by atomic mass is 10.1. The van der Waals surface area contributed by atoms with E-state index in [1.54, 1.807) is 96.7 Å². The Morgan fingerprint density at radius 1 is 0.830 bits per heavy atom. The fourth-order valence-corrected chi connectivity index (χ4v) is 5.32. The molecule has 0 amide bonds. The average Bonchev–Trinajstić information content (AvgIpc) is 3.66. The minimum Gasteiger partial charge on any atom is -0.462 e. The molecule has 0 bridgehead atoms. The van der Waals surface area contributed by atoms with Crippen LogP contribution in [0.1, 0.15) is 40.1 Å². The number of nitrogens with two attached hydrogens (primary N) is 1. The first-order valence-electron chi connectivity index (χ1n) is 14.4. The third kappa shape index (κ3) is 6.80. The number of halogens is 4. The van der Waals surface area contributed by atoms with Gasteiger partial charge in [-0.05, 0) is 68.4 Å². The van der Waals surface area contributed by atoms with Crippen LogP contribution in [0.15, 0.2) is 73.1 Å². The van der Waals surface area contributed by atoms with Gasteiger partial charge >= 0.3 is 18.1 Å². The Morgan fingerprint density at radius 2 is 1.47 bits per heavy atom. The molecule has 0 saturated heterocycles. The molecule has 6 aromatic rings. The molecule has 0 radical (unpaired) electrons. The van der Waals surface area contributed by atoms with Gasteiger partial charge in [-0.1, -0.05) is 17.7 Å². The van der Waals surface area contributed by atoms with E-state index >= 15 is 0 Å². The average molecular weight is 667 g/mol. The zero-order valence-corrected chi connectivity index (χ0v) is 26.6. The van der Waals surface area contributed by atoms with Gasteiger partial charge in [-0.25, -0.2) is 9.59 Å². The van der Waals surface area contributed by atoms with Gasteiger partial charge in [-0.3, -0.25) is 13.9 Å². The molecule has 2 N–H and O–H groups in total. The van der Waals surface area contributed by atoms with Gasteiger partial charge in [0, 0.05) is 59.1 Å². The Labute approximate surface area is 272 Å². The molecule has 14 heteroatoms. The summed E-state index contributed by atoms with van der Waals surface area (Å²) in [7, 11) is 3.50. The molecule has 0 spiro atoms. The third-order valence-electron chi connectivity index (χ3n) is 7.12. The first kappa shape index (κ1) is 33.1. The van der Waals surface area contributed by atoms with Gasteiger partial charge in [0.2, 0.25) is 0 Å². The summed E-state index contributed by atoms with van der Waals surface area (Å²) < 4.78 is 54.4. The summed E-state index contributed by atoms with van der Waals surface area (Å²) in [5.74, 6) is -0.471. The van der Waals surface area contributed by atoms with E-state index in [1.165, 1.54) is 6.07 Å². The summed E-state index contributed by atoms with van der Waals surface area (Å²) in [5.41, 5.74) is 8.77.